The number of anilines is 1. The minimum Gasteiger partial charge on any atom is -0.366 e. The quantitative estimate of drug-likeness (QED) is 0.446. The van der Waals surface area contributed by atoms with E-state index >= 15 is 0 Å². The van der Waals surface area contributed by atoms with Crippen molar-refractivity contribution in [1.29, 1.82) is 0 Å². The number of fused-ring (bicyclic) bond motifs is 1. The van der Waals surface area contributed by atoms with Crippen LogP contribution < -0.4 is 4.90 Å². The Kier molecular flexibility index (Phi) is 5.31. The highest BCUT2D eigenvalue weighted by molar-refractivity contribution is 6.09. The number of rotatable bonds is 3. The standard InChI is InChI=1S/C27H24FN3O/c1-19-25(21-11-5-7-13-23(21)29-26(19)20-9-3-2-4-10-20)27(32)31-17-15-30(16-18-31)24-14-8-6-12-22(24)28/h2-14H,15-18H2,1H3. The van der Waals surface area contributed by atoms with Gasteiger partial charge in [-0.2, -0.15) is 0 Å². The number of aromatic nitrogens is 1. The Morgan fingerprint density at radius 3 is 2.25 bits per heavy atom. The van der Waals surface area contributed by atoms with Crippen molar-refractivity contribution < 1.29 is 9.18 Å². The van der Waals surface area contributed by atoms with E-state index in [-0.39, 0.29) is 11.7 Å². The molecule has 4 nitrogen and oxygen atoms in total. The number of hydrogen-bond donors (Lipinski definition) is 0. The van der Waals surface area contributed by atoms with Crippen LogP contribution in [0.4, 0.5) is 10.1 Å². The van der Waals surface area contributed by atoms with Crippen LogP contribution in [0.25, 0.3) is 22.2 Å². The molecule has 1 fully saturated rings. The number of para-hydroxylation sites is 2. The van der Waals surface area contributed by atoms with E-state index in [2.05, 4.69) is 0 Å². The molecule has 0 unspecified atom stereocenters. The van der Waals surface area contributed by atoms with Gasteiger partial charge in [-0.05, 0) is 30.7 Å². The van der Waals surface area contributed by atoms with Crippen LogP contribution in [0, 0.1) is 12.7 Å². The van der Waals surface area contributed by atoms with Gasteiger partial charge in [0.2, 0.25) is 0 Å². The number of carbonyl (C=O) groups is 1. The maximum atomic E-state index is 14.2. The van der Waals surface area contributed by atoms with E-state index in [1.54, 1.807) is 12.1 Å². The second-order valence-electron chi connectivity index (χ2n) is 8.07. The second kappa shape index (κ2) is 8.42. The third kappa shape index (κ3) is 3.60. The molecule has 0 N–H and O–H groups in total. The second-order valence-corrected chi connectivity index (χ2v) is 8.07. The van der Waals surface area contributed by atoms with Crippen LogP contribution in [0.3, 0.4) is 0 Å². The molecule has 1 aliphatic rings. The normalized spacial score (nSPS) is 14.1. The Hall–Kier alpha value is -3.73. The van der Waals surface area contributed by atoms with Gasteiger partial charge >= 0.3 is 0 Å². The van der Waals surface area contributed by atoms with Gasteiger partial charge in [-0.25, -0.2) is 9.37 Å². The molecule has 3 aromatic carbocycles. The Labute approximate surface area is 186 Å². The molecule has 5 rings (SSSR count). The SMILES string of the molecule is Cc1c(-c2ccccc2)nc2ccccc2c1C(=O)N1CCN(c2ccccc2F)CC1. The first-order valence-electron chi connectivity index (χ1n) is 10.9. The van der Waals surface area contributed by atoms with Crippen molar-refractivity contribution in [3.63, 3.8) is 0 Å². The summed E-state index contributed by atoms with van der Waals surface area (Å²) in [6.45, 7) is 4.26. The summed E-state index contributed by atoms with van der Waals surface area (Å²) in [4.78, 5) is 22.5. The lowest BCUT2D eigenvalue weighted by molar-refractivity contribution is 0.0748. The largest absolute Gasteiger partial charge is 0.366 e. The van der Waals surface area contributed by atoms with Crippen LogP contribution >= 0.6 is 0 Å². The summed E-state index contributed by atoms with van der Waals surface area (Å²) >= 11 is 0. The van der Waals surface area contributed by atoms with Crippen LogP contribution in [-0.2, 0) is 0 Å². The molecule has 0 atom stereocenters. The summed E-state index contributed by atoms with van der Waals surface area (Å²) in [6, 6.07) is 24.6. The van der Waals surface area contributed by atoms with Crippen LogP contribution in [0.5, 0.6) is 0 Å². The van der Waals surface area contributed by atoms with E-state index < -0.39 is 0 Å². The molecule has 0 spiro atoms. The minimum absolute atomic E-state index is 0.00599. The summed E-state index contributed by atoms with van der Waals surface area (Å²) in [5.74, 6) is -0.220. The van der Waals surface area contributed by atoms with E-state index in [4.69, 9.17) is 4.98 Å². The van der Waals surface area contributed by atoms with Crippen molar-refractivity contribution in [2.75, 3.05) is 31.1 Å². The maximum Gasteiger partial charge on any atom is 0.255 e. The Balaban J connectivity index is 1.49. The molecule has 0 radical (unpaired) electrons. The first-order chi connectivity index (χ1) is 15.6. The zero-order valence-electron chi connectivity index (χ0n) is 18.0. The molecule has 32 heavy (non-hydrogen) atoms. The third-order valence-corrected chi connectivity index (χ3v) is 6.16. The molecular weight excluding hydrogens is 401 g/mol. The molecule has 5 heteroatoms. The highest BCUT2D eigenvalue weighted by Crippen LogP contribution is 2.31. The summed E-state index contributed by atoms with van der Waals surface area (Å²) in [5, 5.41) is 0.867. The molecule has 0 aliphatic carbocycles. The van der Waals surface area contributed by atoms with Gasteiger partial charge in [0.25, 0.3) is 5.91 Å². The van der Waals surface area contributed by atoms with Crippen molar-refractivity contribution in [2.24, 2.45) is 0 Å². The monoisotopic (exact) mass is 425 g/mol. The fourth-order valence-electron chi connectivity index (χ4n) is 4.48. The number of halogens is 1. The Morgan fingerprint density at radius 2 is 1.50 bits per heavy atom. The lowest BCUT2D eigenvalue weighted by Crippen LogP contribution is -2.49. The third-order valence-electron chi connectivity index (χ3n) is 6.16. The topological polar surface area (TPSA) is 36.4 Å². The molecule has 0 bridgehead atoms. The van der Waals surface area contributed by atoms with Crippen LogP contribution in [0.2, 0.25) is 0 Å². The van der Waals surface area contributed by atoms with Crippen molar-refractivity contribution in [1.82, 2.24) is 9.88 Å². The molecule has 2 heterocycles. The van der Waals surface area contributed by atoms with Gasteiger partial charge in [-0.1, -0.05) is 60.7 Å². The van der Waals surface area contributed by atoms with Crippen molar-refractivity contribution in [3.05, 3.63) is 95.8 Å². The molecule has 1 aromatic heterocycles. The number of amides is 1. The number of pyridine rings is 1. The van der Waals surface area contributed by atoms with Gasteiger partial charge in [0, 0.05) is 37.1 Å². The maximum absolute atomic E-state index is 14.2. The van der Waals surface area contributed by atoms with Gasteiger partial charge in [-0.3, -0.25) is 4.79 Å². The highest BCUT2D eigenvalue weighted by Gasteiger charge is 2.27. The average molecular weight is 426 g/mol. The van der Waals surface area contributed by atoms with Crippen LogP contribution in [0.15, 0.2) is 78.9 Å². The number of piperazine rings is 1. The fourth-order valence-corrected chi connectivity index (χ4v) is 4.48. The van der Waals surface area contributed by atoms with E-state index in [0.717, 1.165) is 27.7 Å². The molecule has 1 amide bonds. The minimum atomic E-state index is -0.226. The highest BCUT2D eigenvalue weighted by atomic mass is 19.1. The predicted octanol–water partition coefficient (Wildman–Crippen LogP) is 5.31. The summed E-state index contributed by atoms with van der Waals surface area (Å²) in [6.07, 6.45) is 0. The molecule has 4 aromatic rings. The van der Waals surface area contributed by atoms with Gasteiger partial charge < -0.3 is 9.80 Å². The lowest BCUT2D eigenvalue weighted by atomic mass is 9.96. The number of nitrogens with zero attached hydrogens (tertiary/aromatic N) is 3. The predicted molar refractivity (Wildman–Crippen MR) is 126 cm³/mol. The summed E-state index contributed by atoms with van der Waals surface area (Å²) in [7, 11) is 0. The number of carbonyl (C=O) groups excluding carboxylic acids is 1. The lowest BCUT2D eigenvalue weighted by Gasteiger charge is -2.36. The van der Waals surface area contributed by atoms with Gasteiger partial charge in [0.1, 0.15) is 5.82 Å². The zero-order valence-corrected chi connectivity index (χ0v) is 18.0. The Bertz CT molecular complexity index is 1280. The van der Waals surface area contributed by atoms with E-state index in [0.29, 0.717) is 37.4 Å². The average Bonchev–Trinajstić information content (AvgIpc) is 2.84. The smallest absolute Gasteiger partial charge is 0.255 e. The molecule has 160 valence electrons. The van der Waals surface area contributed by atoms with Gasteiger partial charge in [0.05, 0.1) is 22.5 Å². The van der Waals surface area contributed by atoms with E-state index in [1.807, 2.05) is 77.4 Å². The van der Waals surface area contributed by atoms with Gasteiger partial charge in [-0.15, -0.1) is 0 Å². The van der Waals surface area contributed by atoms with E-state index in [9.17, 15) is 9.18 Å². The zero-order chi connectivity index (χ0) is 22.1. The first kappa shape index (κ1) is 20.2. The fraction of sp³-hybridized carbons (Fsp3) is 0.185. The molecule has 1 saturated heterocycles. The summed E-state index contributed by atoms with van der Waals surface area (Å²) in [5.41, 5.74) is 4.82. The molecular formula is C27H24FN3O. The summed E-state index contributed by atoms with van der Waals surface area (Å²) < 4.78 is 14.2. The van der Waals surface area contributed by atoms with Crippen molar-refractivity contribution in [3.8, 4) is 11.3 Å². The number of hydrogen-bond acceptors (Lipinski definition) is 3. The van der Waals surface area contributed by atoms with Gasteiger partial charge in [0.15, 0.2) is 0 Å². The first-order valence-corrected chi connectivity index (χ1v) is 10.9. The molecule has 0 saturated carbocycles. The van der Waals surface area contributed by atoms with Crippen LogP contribution in [-0.4, -0.2) is 42.0 Å². The molecule has 1 aliphatic heterocycles. The van der Waals surface area contributed by atoms with E-state index in [1.165, 1.54) is 6.07 Å². The van der Waals surface area contributed by atoms with Crippen molar-refractivity contribution >= 4 is 22.5 Å². The number of benzene rings is 3. The Morgan fingerprint density at radius 1 is 0.844 bits per heavy atom. The van der Waals surface area contributed by atoms with Crippen LogP contribution in [0.1, 0.15) is 15.9 Å². The van der Waals surface area contributed by atoms with Crippen molar-refractivity contribution in [2.45, 2.75) is 6.92 Å².